The summed E-state index contributed by atoms with van der Waals surface area (Å²) in [4.78, 5) is 13.7. The van der Waals surface area contributed by atoms with Gasteiger partial charge in [-0.2, -0.15) is 0 Å². The zero-order valence-electron chi connectivity index (χ0n) is 14.2. The number of aryl methyl sites for hydroxylation is 1. The van der Waals surface area contributed by atoms with Gasteiger partial charge < -0.3 is 15.4 Å². The minimum Gasteiger partial charge on any atom is -0.462 e. The molecule has 8 heteroatoms. The number of esters is 1. The summed E-state index contributed by atoms with van der Waals surface area (Å²) in [6.07, 6.45) is 4.10. The molecule has 0 saturated heterocycles. The van der Waals surface area contributed by atoms with Crippen molar-refractivity contribution < 1.29 is 9.53 Å². The van der Waals surface area contributed by atoms with Crippen LogP contribution in [0.3, 0.4) is 0 Å². The highest BCUT2D eigenvalue weighted by atomic mass is 35.5. The molecule has 1 aliphatic rings. The van der Waals surface area contributed by atoms with Gasteiger partial charge in [0, 0.05) is 20.6 Å². The molecule has 1 heterocycles. The Balaban J connectivity index is 1.83. The second-order valence-electron chi connectivity index (χ2n) is 5.87. The van der Waals surface area contributed by atoms with Gasteiger partial charge in [-0.25, -0.2) is 4.79 Å². The number of ether oxygens (including phenoxy) is 1. The van der Waals surface area contributed by atoms with Crippen LogP contribution in [-0.2, 0) is 17.6 Å². The molecule has 1 aromatic heterocycles. The SMILES string of the molecule is CCOC(=O)c1c(NC(=S)Nc2cc(Cl)cc(Cl)c2)sc2c1CCCC2. The summed E-state index contributed by atoms with van der Waals surface area (Å²) in [5.74, 6) is -0.303. The first-order chi connectivity index (χ1) is 12.5. The van der Waals surface area contributed by atoms with E-state index in [0.717, 1.165) is 36.2 Å². The number of thiophene rings is 1. The summed E-state index contributed by atoms with van der Waals surface area (Å²) in [6, 6.07) is 5.11. The van der Waals surface area contributed by atoms with Gasteiger partial charge in [0.2, 0.25) is 0 Å². The van der Waals surface area contributed by atoms with Crippen molar-refractivity contribution in [3.63, 3.8) is 0 Å². The summed E-state index contributed by atoms with van der Waals surface area (Å²) < 4.78 is 5.25. The summed E-state index contributed by atoms with van der Waals surface area (Å²) >= 11 is 19.0. The van der Waals surface area contributed by atoms with Crippen molar-refractivity contribution >= 4 is 68.5 Å². The Labute approximate surface area is 171 Å². The summed E-state index contributed by atoms with van der Waals surface area (Å²) in [5.41, 5.74) is 2.38. The van der Waals surface area contributed by atoms with Crippen molar-refractivity contribution in [1.29, 1.82) is 0 Å². The Morgan fingerprint density at radius 3 is 2.58 bits per heavy atom. The summed E-state index contributed by atoms with van der Waals surface area (Å²) in [6.45, 7) is 2.14. The smallest absolute Gasteiger partial charge is 0.341 e. The van der Waals surface area contributed by atoms with Gasteiger partial charge in [-0.3, -0.25) is 0 Å². The molecular formula is C18H18Cl2N2O2S2. The highest BCUT2D eigenvalue weighted by molar-refractivity contribution is 7.80. The molecule has 0 unspecified atom stereocenters. The molecule has 0 aliphatic heterocycles. The fourth-order valence-corrected chi connectivity index (χ4v) is 5.06. The minimum atomic E-state index is -0.303. The number of nitrogens with one attached hydrogen (secondary N) is 2. The van der Waals surface area contributed by atoms with E-state index in [9.17, 15) is 4.79 Å². The van der Waals surface area contributed by atoms with Gasteiger partial charge in [0.05, 0.1) is 12.2 Å². The predicted octanol–water partition coefficient (Wildman–Crippen LogP) is 5.92. The molecule has 1 aromatic carbocycles. The van der Waals surface area contributed by atoms with Crippen molar-refractivity contribution in [2.75, 3.05) is 17.2 Å². The van der Waals surface area contributed by atoms with Crippen LogP contribution in [0.2, 0.25) is 10.0 Å². The first-order valence-electron chi connectivity index (χ1n) is 8.33. The molecule has 4 nitrogen and oxygen atoms in total. The van der Waals surface area contributed by atoms with E-state index in [4.69, 9.17) is 40.2 Å². The maximum Gasteiger partial charge on any atom is 0.341 e. The normalized spacial score (nSPS) is 13.0. The van der Waals surface area contributed by atoms with E-state index >= 15 is 0 Å². The maximum atomic E-state index is 12.5. The number of thiocarbonyl (C=S) groups is 1. The monoisotopic (exact) mass is 428 g/mol. The lowest BCUT2D eigenvalue weighted by molar-refractivity contribution is 0.0526. The van der Waals surface area contributed by atoms with Gasteiger partial charge in [-0.1, -0.05) is 23.2 Å². The minimum absolute atomic E-state index is 0.303. The van der Waals surface area contributed by atoms with E-state index in [2.05, 4.69) is 10.6 Å². The lowest BCUT2D eigenvalue weighted by atomic mass is 9.95. The molecule has 0 amide bonds. The van der Waals surface area contributed by atoms with E-state index in [1.807, 2.05) is 0 Å². The Bertz CT molecular complexity index is 832. The van der Waals surface area contributed by atoms with Crippen molar-refractivity contribution in [3.05, 3.63) is 44.2 Å². The van der Waals surface area contributed by atoms with Crippen molar-refractivity contribution in [1.82, 2.24) is 0 Å². The van der Waals surface area contributed by atoms with Crippen LogP contribution < -0.4 is 10.6 Å². The highest BCUT2D eigenvalue weighted by Gasteiger charge is 2.26. The second kappa shape index (κ2) is 8.57. The Hall–Kier alpha value is -1.34. The fourth-order valence-electron chi connectivity index (χ4n) is 2.96. The molecule has 0 spiro atoms. The quantitative estimate of drug-likeness (QED) is 0.467. The van der Waals surface area contributed by atoms with Crippen molar-refractivity contribution in [2.45, 2.75) is 32.6 Å². The van der Waals surface area contributed by atoms with Crippen LogP contribution in [0.5, 0.6) is 0 Å². The van der Waals surface area contributed by atoms with E-state index in [1.54, 1.807) is 36.5 Å². The largest absolute Gasteiger partial charge is 0.462 e. The maximum absolute atomic E-state index is 12.5. The number of benzene rings is 1. The summed E-state index contributed by atoms with van der Waals surface area (Å²) in [5, 5.41) is 8.32. The molecule has 0 bridgehead atoms. The number of anilines is 2. The fraction of sp³-hybridized carbons (Fsp3) is 0.333. The predicted molar refractivity (Wildman–Crippen MR) is 113 cm³/mol. The third-order valence-corrected chi connectivity index (χ3v) is 5.85. The van der Waals surface area contributed by atoms with Crippen LogP contribution in [-0.4, -0.2) is 17.7 Å². The molecule has 2 N–H and O–H groups in total. The average Bonchev–Trinajstić information content (AvgIpc) is 2.91. The van der Waals surface area contributed by atoms with E-state index < -0.39 is 0 Å². The number of hydrogen-bond donors (Lipinski definition) is 2. The van der Waals surface area contributed by atoms with Crippen LogP contribution in [0.15, 0.2) is 18.2 Å². The van der Waals surface area contributed by atoms with Gasteiger partial charge in [0.15, 0.2) is 5.11 Å². The lowest BCUT2D eigenvalue weighted by Gasteiger charge is -2.13. The number of carbonyl (C=O) groups is 1. The van der Waals surface area contributed by atoms with Gasteiger partial charge >= 0.3 is 5.97 Å². The number of hydrogen-bond acceptors (Lipinski definition) is 4. The van der Waals surface area contributed by atoms with Crippen LogP contribution in [0.1, 0.15) is 40.6 Å². The van der Waals surface area contributed by atoms with E-state index in [-0.39, 0.29) is 5.97 Å². The Morgan fingerprint density at radius 2 is 1.88 bits per heavy atom. The summed E-state index contributed by atoms with van der Waals surface area (Å²) in [7, 11) is 0. The Morgan fingerprint density at radius 1 is 1.19 bits per heavy atom. The number of fused-ring (bicyclic) bond motifs is 1. The first-order valence-corrected chi connectivity index (χ1v) is 10.3. The van der Waals surface area contributed by atoms with Gasteiger partial charge in [-0.05, 0) is 68.6 Å². The molecule has 1 aliphatic carbocycles. The lowest BCUT2D eigenvalue weighted by Crippen LogP contribution is -2.20. The first kappa shape index (κ1) is 19.4. The standard InChI is InChI=1S/C18H18Cl2N2O2S2/c1-2-24-17(23)15-13-5-3-4-6-14(13)26-16(15)22-18(25)21-12-8-10(19)7-11(20)9-12/h7-9H,2-6H2,1H3,(H2,21,22,25). The molecule has 0 saturated carbocycles. The zero-order chi connectivity index (χ0) is 18.7. The average molecular weight is 429 g/mol. The van der Waals surface area contributed by atoms with Crippen LogP contribution in [0.25, 0.3) is 0 Å². The molecule has 0 radical (unpaired) electrons. The van der Waals surface area contributed by atoms with Crippen molar-refractivity contribution in [2.24, 2.45) is 0 Å². The third-order valence-electron chi connectivity index (χ3n) is 4.00. The van der Waals surface area contributed by atoms with Crippen molar-refractivity contribution in [3.8, 4) is 0 Å². The molecule has 138 valence electrons. The molecular weight excluding hydrogens is 411 g/mol. The van der Waals surface area contributed by atoms with Gasteiger partial charge in [-0.15, -0.1) is 11.3 Å². The number of halogens is 2. The van der Waals surface area contributed by atoms with Crippen LogP contribution >= 0.6 is 46.8 Å². The molecule has 3 rings (SSSR count). The van der Waals surface area contributed by atoms with E-state index in [1.165, 1.54) is 4.88 Å². The zero-order valence-corrected chi connectivity index (χ0v) is 17.3. The third kappa shape index (κ3) is 4.49. The molecule has 2 aromatic rings. The van der Waals surface area contributed by atoms with Gasteiger partial charge in [0.1, 0.15) is 5.00 Å². The molecule has 0 fully saturated rings. The second-order valence-corrected chi connectivity index (χ2v) is 8.26. The van der Waals surface area contributed by atoms with E-state index in [0.29, 0.717) is 33.0 Å². The Kier molecular flexibility index (Phi) is 6.40. The van der Waals surface area contributed by atoms with Gasteiger partial charge in [0.25, 0.3) is 0 Å². The van der Waals surface area contributed by atoms with Crippen LogP contribution in [0, 0.1) is 0 Å². The number of rotatable bonds is 4. The topological polar surface area (TPSA) is 50.4 Å². The molecule has 26 heavy (non-hydrogen) atoms. The highest BCUT2D eigenvalue weighted by Crippen LogP contribution is 2.38. The number of carbonyl (C=O) groups excluding carboxylic acids is 1. The van der Waals surface area contributed by atoms with Crippen LogP contribution in [0.4, 0.5) is 10.7 Å². The molecule has 0 atom stereocenters.